The lowest BCUT2D eigenvalue weighted by atomic mass is 9.80. The quantitative estimate of drug-likeness (QED) is 0.178. The third-order valence-electron chi connectivity index (χ3n) is 10.9. The molecule has 0 amide bonds. The molecule has 0 atom stereocenters. The van der Waals surface area contributed by atoms with Crippen LogP contribution in [0.15, 0.2) is 164 Å². The molecule has 1 heteroatoms. The fourth-order valence-corrected chi connectivity index (χ4v) is 8.57. The molecule has 10 rings (SSSR count). The average Bonchev–Trinajstić information content (AvgIpc) is 3.38. The molecule has 0 bridgehead atoms. The second kappa shape index (κ2) is 10.5. The zero-order valence-corrected chi connectivity index (χ0v) is 27.5. The average molecular weight is 624 g/mol. The van der Waals surface area contributed by atoms with Gasteiger partial charge in [0.1, 0.15) is 0 Å². The third-order valence-corrected chi connectivity index (χ3v) is 10.9. The van der Waals surface area contributed by atoms with Gasteiger partial charge in [0, 0.05) is 22.6 Å². The van der Waals surface area contributed by atoms with E-state index in [1.54, 1.807) is 0 Å². The van der Waals surface area contributed by atoms with Gasteiger partial charge in [-0.05, 0) is 100 Å². The molecule has 0 saturated heterocycles. The number of hydrogen-bond donors (Lipinski definition) is 0. The van der Waals surface area contributed by atoms with E-state index in [1.807, 2.05) is 6.20 Å². The van der Waals surface area contributed by atoms with Crippen LogP contribution in [0.3, 0.4) is 0 Å². The van der Waals surface area contributed by atoms with E-state index in [0.29, 0.717) is 0 Å². The van der Waals surface area contributed by atoms with Gasteiger partial charge in [-0.15, -0.1) is 0 Å². The minimum Gasteiger partial charge on any atom is -0.256 e. The predicted octanol–water partition coefficient (Wildman–Crippen LogP) is 13.0. The summed E-state index contributed by atoms with van der Waals surface area (Å²) in [5.41, 5.74) is 12.6. The lowest BCUT2D eigenvalue weighted by molar-refractivity contribution is 0.660. The van der Waals surface area contributed by atoms with E-state index in [9.17, 15) is 0 Å². The molecule has 49 heavy (non-hydrogen) atoms. The first kappa shape index (κ1) is 28.0. The summed E-state index contributed by atoms with van der Waals surface area (Å²) in [6, 6.07) is 58.1. The molecule has 0 unspecified atom stereocenters. The van der Waals surface area contributed by atoms with Crippen LogP contribution < -0.4 is 0 Å². The maximum atomic E-state index is 5.09. The van der Waals surface area contributed by atoms with E-state index >= 15 is 0 Å². The summed E-state index contributed by atoms with van der Waals surface area (Å²) in [7, 11) is 0. The fourth-order valence-electron chi connectivity index (χ4n) is 8.57. The van der Waals surface area contributed by atoms with Crippen molar-refractivity contribution in [3.8, 4) is 44.6 Å². The summed E-state index contributed by atoms with van der Waals surface area (Å²) in [5.74, 6) is 0. The summed E-state index contributed by atoms with van der Waals surface area (Å²) in [6.07, 6.45) is 1.96. The van der Waals surface area contributed by atoms with Crippen molar-refractivity contribution in [1.82, 2.24) is 4.98 Å². The molecule has 0 aliphatic heterocycles. The molecule has 8 aromatic carbocycles. The summed E-state index contributed by atoms with van der Waals surface area (Å²) >= 11 is 0. The van der Waals surface area contributed by atoms with Crippen LogP contribution in [-0.4, -0.2) is 4.98 Å². The van der Waals surface area contributed by atoms with Gasteiger partial charge in [-0.2, -0.15) is 0 Å². The molecule has 9 aromatic rings. The number of nitrogens with zero attached hydrogens (tertiary/aromatic N) is 1. The highest BCUT2D eigenvalue weighted by Crippen LogP contribution is 2.51. The van der Waals surface area contributed by atoms with Gasteiger partial charge < -0.3 is 0 Å². The molecular weight excluding hydrogens is 591 g/mol. The van der Waals surface area contributed by atoms with Gasteiger partial charge in [-0.1, -0.05) is 153 Å². The molecule has 0 spiro atoms. The first-order valence-electron chi connectivity index (χ1n) is 17.1. The Labute approximate surface area is 286 Å². The fraction of sp³-hybridized carbons (Fsp3) is 0.0625. The molecule has 0 N–H and O–H groups in total. The highest BCUT2D eigenvalue weighted by atomic mass is 14.7. The molecule has 0 fully saturated rings. The largest absolute Gasteiger partial charge is 0.256 e. The Morgan fingerprint density at radius 1 is 0.388 bits per heavy atom. The lowest BCUT2D eigenvalue weighted by Crippen LogP contribution is -2.14. The van der Waals surface area contributed by atoms with Crippen molar-refractivity contribution in [3.63, 3.8) is 0 Å². The van der Waals surface area contributed by atoms with Gasteiger partial charge >= 0.3 is 0 Å². The molecule has 1 aliphatic carbocycles. The van der Waals surface area contributed by atoms with Gasteiger partial charge in [0.15, 0.2) is 0 Å². The number of hydrogen-bond acceptors (Lipinski definition) is 1. The smallest absolute Gasteiger partial charge is 0.0792 e. The molecule has 0 radical (unpaired) electrons. The molecule has 1 aliphatic rings. The molecule has 1 heterocycles. The Kier molecular flexibility index (Phi) is 5.99. The van der Waals surface area contributed by atoms with Crippen LogP contribution in [0.4, 0.5) is 0 Å². The van der Waals surface area contributed by atoms with E-state index < -0.39 is 0 Å². The van der Waals surface area contributed by atoms with Crippen LogP contribution in [0.25, 0.3) is 87.7 Å². The Bertz CT molecular complexity index is 2790. The number of rotatable bonds is 3. The van der Waals surface area contributed by atoms with Gasteiger partial charge in [-0.3, -0.25) is 4.98 Å². The zero-order valence-electron chi connectivity index (χ0n) is 27.5. The van der Waals surface area contributed by atoms with Crippen molar-refractivity contribution in [1.29, 1.82) is 0 Å². The minimum absolute atomic E-state index is 0.0888. The first-order valence-corrected chi connectivity index (χ1v) is 17.1. The van der Waals surface area contributed by atoms with Crippen LogP contribution in [0.2, 0.25) is 0 Å². The standard InChI is InChI=1S/C48H33N/c1-48(2)43-21-10-9-17-37(43)38-24-23-33(29-44(38)48)45-39-18-7-8-19-40(39)46(47-36-16-6-4-13-31(36)26-27-49-47)41-25-22-32(28-42(41)45)35-20-11-14-30-12-3-5-15-34(30)35/h3-29H,1-2H3. The van der Waals surface area contributed by atoms with Crippen LogP contribution in [-0.2, 0) is 5.41 Å². The van der Waals surface area contributed by atoms with Crippen molar-refractivity contribution in [3.05, 3.63) is 175 Å². The molecule has 0 saturated carbocycles. The maximum Gasteiger partial charge on any atom is 0.0792 e. The van der Waals surface area contributed by atoms with Crippen LogP contribution in [0.5, 0.6) is 0 Å². The number of aromatic nitrogens is 1. The van der Waals surface area contributed by atoms with Crippen LogP contribution in [0.1, 0.15) is 25.0 Å². The molecule has 1 aromatic heterocycles. The van der Waals surface area contributed by atoms with Crippen LogP contribution >= 0.6 is 0 Å². The Balaban J connectivity index is 1.34. The van der Waals surface area contributed by atoms with E-state index in [-0.39, 0.29) is 5.41 Å². The first-order chi connectivity index (χ1) is 24.1. The van der Waals surface area contributed by atoms with E-state index in [0.717, 1.165) is 5.69 Å². The van der Waals surface area contributed by atoms with Crippen molar-refractivity contribution in [2.24, 2.45) is 0 Å². The molecule has 230 valence electrons. The van der Waals surface area contributed by atoms with Crippen molar-refractivity contribution < 1.29 is 0 Å². The highest BCUT2D eigenvalue weighted by Gasteiger charge is 2.35. The SMILES string of the molecule is CC1(C)c2ccccc2-c2ccc(-c3c4ccccc4c(-c4nccc5ccccc45)c4ccc(-c5cccc6ccccc56)cc34)cc21. The van der Waals surface area contributed by atoms with Gasteiger partial charge in [-0.25, -0.2) is 0 Å². The van der Waals surface area contributed by atoms with E-state index in [2.05, 4.69) is 172 Å². The zero-order chi connectivity index (χ0) is 32.7. The Hall–Kier alpha value is -6.05. The summed E-state index contributed by atoms with van der Waals surface area (Å²) in [5, 5.41) is 9.78. The summed E-state index contributed by atoms with van der Waals surface area (Å²) in [6.45, 7) is 4.73. The second-order valence-electron chi connectivity index (χ2n) is 13.9. The van der Waals surface area contributed by atoms with Gasteiger partial charge in [0.05, 0.1) is 5.69 Å². The minimum atomic E-state index is -0.0888. The number of fused-ring (bicyclic) bond motifs is 7. The van der Waals surface area contributed by atoms with Crippen molar-refractivity contribution in [2.45, 2.75) is 19.3 Å². The van der Waals surface area contributed by atoms with Gasteiger partial charge in [0.25, 0.3) is 0 Å². The topological polar surface area (TPSA) is 12.9 Å². The monoisotopic (exact) mass is 623 g/mol. The maximum absolute atomic E-state index is 5.09. The van der Waals surface area contributed by atoms with E-state index in [4.69, 9.17) is 4.98 Å². The number of benzene rings is 8. The van der Waals surface area contributed by atoms with Crippen LogP contribution in [0, 0.1) is 0 Å². The van der Waals surface area contributed by atoms with E-state index in [1.165, 1.54) is 93.2 Å². The Morgan fingerprint density at radius 3 is 1.82 bits per heavy atom. The number of pyridine rings is 1. The molecular formula is C48H33N. The highest BCUT2D eigenvalue weighted by molar-refractivity contribution is 6.23. The Morgan fingerprint density at radius 2 is 0.980 bits per heavy atom. The second-order valence-corrected chi connectivity index (χ2v) is 13.9. The normalized spacial score (nSPS) is 13.3. The van der Waals surface area contributed by atoms with Crippen molar-refractivity contribution in [2.75, 3.05) is 0 Å². The predicted molar refractivity (Wildman–Crippen MR) is 208 cm³/mol. The lowest BCUT2D eigenvalue weighted by Gasteiger charge is -2.23. The third kappa shape index (κ3) is 4.09. The molecule has 1 nitrogen and oxygen atoms in total. The van der Waals surface area contributed by atoms with Gasteiger partial charge in [0.2, 0.25) is 0 Å². The summed E-state index contributed by atoms with van der Waals surface area (Å²) < 4.78 is 0. The summed E-state index contributed by atoms with van der Waals surface area (Å²) in [4.78, 5) is 5.09. The van der Waals surface area contributed by atoms with Crippen molar-refractivity contribution >= 4 is 43.1 Å².